The number of halogens is 1. The average Bonchev–Trinajstić information content (AvgIpc) is 2.48. The van der Waals surface area contributed by atoms with E-state index in [4.69, 9.17) is 11.6 Å². The second kappa shape index (κ2) is 5.31. The molecule has 3 rings (SSSR count). The minimum Gasteiger partial charge on any atom is -0.279 e. The molecule has 3 aromatic rings. The van der Waals surface area contributed by atoms with Crippen molar-refractivity contribution >= 4 is 38.1 Å². The van der Waals surface area contributed by atoms with Gasteiger partial charge in [0.25, 0.3) is 10.0 Å². The van der Waals surface area contributed by atoms with Gasteiger partial charge in [0, 0.05) is 24.0 Å². The fourth-order valence-corrected chi connectivity index (χ4v) is 3.06. The molecule has 106 valence electrons. The van der Waals surface area contributed by atoms with E-state index in [-0.39, 0.29) is 10.0 Å². The van der Waals surface area contributed by atoms with E-state index < -0.39 is 10.0 Å². The van der Waals surface area contributed by atoms with Gasteiger partial charge in [0.1, 0.15) is 10.0 Å². The zero-order chi connectivity index (χ0) is 14.9. The van der Waals surface area contributed by atoms with Gasteiger partial charge in [-0.1, -0.05) is 23.7 Å². The van der Waals surface area contributed by atoms with Crippen LogP contribution in [-0.4, -0.2) is 18.4 Å². The van der Waals surface area contributed by atoms with Crippen molar-refractivity contribution in [3.63, 3.8) is 0 Å². The third-order valence-corrected chi connectivity index (χ3v) is 4.51. The fourth-order valence-electron chi connectivity index (χ4n) is 1.93. The van der Waals surface area contributed by atoms with Gasteiger partial charge >= 0.3 is 0 Å². The predicted octanol–water partition coefficient (Wildman–Crippen LogP) is 3.08. The Labute approximate surface area is 126 Å². The standard InChI is InChI=1S/C14H10ClN3O2S/c15-14-5-4-11(8-17-14)21(19,20)18-13-3-1-2-10-6-7-16-9-12(10)13/h1-9,18H. The first-order valence-corrected chi connectivity index (χ1v) is 7.89. The molecule has 5 nitrogen and oxygen atoms in total. The van der Waals surface area contributed by atoms with Crippen molar-refractivity contribution in [3.8, 4) is 0 Å². The maximum absolute atomic E-state index is 12.3. The Hall–Kier alpha value is -2.18. The van der Waals surface area contributed by atoms with E-state index in [2.05, 4.69) is 14.7 Å². The van der Waals surface area contributed by atoms with Crippen LogP contribution in [0.4, 0.5) is 5.69 Å². The molecule has 0 aliphatic heterocycles. The number of fused-ring (bicyclic) bond motifs is 1. The Bertz CT molecular complexity index is 890. The summed E-state index contributed by atoms with van der Waals surface area (Å²) in [5.41, 5.74) is 0.468. The van der Waals surface area contributed by atoms with Gasteiger partial charge in [-0.2, -0.15) is 0 Å². The Kier molecular flexibility index (Phi) is 3.48. The molecular formula is C14H10ClN3O2S. The van der Waals surface area contributed by atoms with E-state index >= 15 is 0 Å². The summed E-state index contributed by atoms with van der Waals surface area (Å²) in [5, 5.41) is 1.87. The van der Waals surface area contributed by atoms with E-state index in [0.717, 1.165) is 10.8 Å². The smallest absolute Gasteiger partial charge is 0.263 e. The molecule has 0 bridgehead atoms. The van der Waals surface area contributed by atoms with Crippen LogP contribution in [0.15, 0.2) is 59.9 Å². The molecule has 0 saturated heterocycles. The van der Waals surface area contributed by atoms with Crippen LogP contribution in [0.1, 0.15) is 0 Å². The molecule has 7 heteroatoms. The molecule has 0 unspecified atom stereocenters. The summed E-state index contributed by atoms with van der Waals surface area (Å²) in [7, 11) is -3.72. The average molecular weight is 320 g/mol. The SMILES string of the molecule is O=S(=O)(Nc1cccc2ccncc12)c1ccc(Cl)nc1. The van der Waals surface area contributed by atoms with Crippen molar-refractivity contribution in [2.24, 2.45) is 0 Å². The molecule has 1 aromatic carbocycles. The number of nitrogens with one attached hydrogen (secondary N) is 1. The van der Waals surface area contributed by atoms with Crippen molar-refractivity contribution in [1.82, 2.24) is 9.97 Å². The first-order chi connectivity index (χ1) is 10.1. The number of anilines is 1. The molecular weight excluding hydrogens is 310 g/mol. The zero-order valence-electron chi connectivity index (χ0n) is 10.7. The lowest BCUT2D eigenvalue weighted by Crippen LogP contribution is -2.13. The molecule has 1 N–H and O–H groups in total. The van der Waals surface area contributed by atoms with Gasteiger partial charge in [0.15, 0.2) is 0 Å². The van der Waals surface area contributed by atoms with Gasteiger partial charge in [-0.3, -0.25) is 9.71 Å². The third kappa shape index (κ3) is 2.81. The van der Waals surface area contributed by atoms with Gasteiger partial charge in [-0.25, -0.2) is 13.4 Å². The zero-order valence-corrected chi connectivity index (χ0v) is 12.3. The lowest BCUT2D eigenvalue weighted by molar-refractivity contribution is 0.601. The number of nitrogens with zero attached hydrogens (tertiary/aromatic N) is 2. The van der Waals surface area contributed by atoms with Crippen molar-refractivity contribution in [2.45, 2.75) is 4.90 Å². The molecule has 0 radical (unpaired) electrons. The number of sulfonamides is 1. The van der Waals surface area contributed by atoms with Crippen molar-refractivity contribution in [1.29, 1.82) is 0 Å². The summed E-state index contributed by atoms with van der Waals surface area (Å²) in [6.07, 6.45) is 4.49. The quantitative estimate of drug-likeness (QED) is 0.753. The summed E-state index contributed by atoms with van der Waals surface area (Å²) in [5.74, 6) is 0. The van der Waals surface area contributed by atoms with E-state index in [0.29, 0.717) is 5.69 Å². The van der Waals surface area contributed by atoms with Crippen molar-refractivity contribution in [2.75, 3.05) is 4.72 Å². The fraction of sp³-hybridized carbons (Fsp3) is 0. The van der Waals surface area contributed by atoms with Gasteiger partial charge in [0.2, 0.25) is 0 Å². The minimum atomic E-state index is -3.72. The molecule has 0 spiro atoms. The van der Waals surface area contributed by atoms with Crippen molar-refractivity contribution in [3.05, 3.63) is 60.1 Å². The Morgan fingerprint density at radius 3 is 2.67 bits per heavy atom. The third-order valence-electron chi connectivity index (χ3n) is 2.94. The highest BCUT2D eigenvalue weighted by Crippen LogP contribution is 2.24. The van der Waals surface area contributed by atoms with Gasteiger partial charge in [-0.15, -0.1) is 0 Å². The largest absolute Gasteiger partial charge is 0.279 e. The lowest BCUT2D eigenvalue weighted by atomic mass is 10.1. The van der Waals surface area contributed by atoms with Crippen LogP contribution < -0.4 is 4.72 Å². The molecule has 0 aliphatic carbocycles. The van der Waals surface area contributed by atoms with E-state index in [9.17, 15) is 8.42 Å². The van der Waals surface area contributed by atoms with Crippen LogP contribution in [0, 0.1) is 0 Å². The van der Waals surface area contributed by atoms with Gasteiger partial charge in [0.05, 0.1) is 5.69 Å². The van der Waals surface area contributed by atoms with Crippen molar-refractivity contribution < 1.29 is 8.42 Å². The van der Waals surface area contributed by atoms with Crippen LogP contribution in [-0.2, 0) is 10.0 Å². The number of hydrogen-bond donors (Lipinski definition) is 1. The normalized spacial score (nSPS) is 11.5. The Balaban J connectivity index is 2.03. The Morgan fingerprint density at radius 2 is 1.90 bits per heavy atom. The molecule has 0 fully saturated rings. The van der Waals surface area contributed by atoms with Gasteiger partial charge < -0.3 is 0 Å². The number of aromatic nitrogens is 2. The number of pyridine rings is 2. The highest BCUT2D eigenvalue weighted by molar-refractivity contribution is 7.92. The molecule has 0 aliphatic rings. The Morgan fingerprint density at radius 1 is 1.05 bits per heavy atom. The van der Waals surface area contributed by atoms with Crippen LogP contribution >= 0.6 is 11.6 Å². The van der Waals surface area contributed by atoms with Crippen LogP contribution in [0.25, 0.3) is 10.8 Å². The first-order valence-electron chi connectivity index (χ1n) is 6.03. The highest BCUT2D eigenvalue weighted by atomic mass is 35.5. The maximum atomic E-state index is 12.3. The minimum absolute atomic E-state index is 0.0489. The molecule has 21 heavy (non-hydrogen) atoms. The summed E-state index contributed by atoms with van der Waals surface area (Å²) >= 11 is 5.67. The monoisotopic (exact) mass is 319 g/mol. The predicted molar refractivity (Wildman–Crippen MR) is 81.8 cm³/mol. The number of benzene rings is 1. The van der Waals surface area contributed by atoms with Crippen LogP contribution in [0.5, 0.6) is 0 Å². The molecule has 0 amide bonds. The summed E-state index contributed by atoms with van der Waals surface area (Å²) in [6.45, 7) is 0. The summed E-state index contributed by atoms with van der Waals surface area (Å²) in [6, 6.07) is 10.0. The molecule has 2 heterocycles. The van der Waals surface area contributed by atoms with E-state index in [1.54, 1.807) is 24.5 Å². The highest BCUT2D eigenvalue weighted by Gasteiger charge is 2.15. The van der Waals surface area contributed by atoms with Gasteiger partial charge in [-0.05, 0) is 29.7 Å². The topological polar surface area (TPSA) is 72.0 Å². The number of hydrogen-bond acceptors (Lipinski definition) is 4. The van der Waals surface area contributed by atoms with E-state index in [1.165, 1.54) is 18.3 Å². The van der Waals surface area contributed by atoms with Crippen LogP contribution in [0.3, 0.4) is 0 Å². The van der Waals surface area contributed by atoms with Crippen LogP contribution in [0.2, 0.25) is 5.15 Å². The maximum Gasteiger partial charge on any atom is 0.263 e. The summed E-state index contributed by atoms with van der Waals surface area (Å²) in [4.78, 5) is 7.86. The number of rotatable bonds is 3. The summed E-state index contributed by atoms with van der Waals surface area (Å²) < 4.78 is 27.2. The second-order valence-corrected chi connectivity index (χ2v) is 6.39. The molecule has 0 saturated carbocycles. The molecule has 0 atom stereocenters. The molecule has 2 aromatic heterocycles. The second-order valence-electron chi connectivity index (χ2n) is 4.32. The van der Waals surface area contributed by atoms with E-state index in [1.807, 2.05) is 12.1 Å². The lowest BCUT2D eigenvalue weighted by Gasteiger charge is -2.10. The first kappa shape index (κ1) is 13.8.